The van der Waals surface area contributed by atoms with Gasteiger partial charge in [-0.2, -0.15) is 18.3 Å². The van der Waals surface area contributed by atoms with E-state index in [1.807, 2.05) is 29.5 Å². The van der Waals surface area contributed by atoms with Gasteiger partial charge in [-0.15, -0.1) is 0 Å². The summed E-state index contributed by atoms with van der Waals surface area (Å²) in [6, 6.07) is 4.15. The fourth-order valence-electron chi connectivity index (χ4n) is 2.02. The van der Waals surface area contributed by atoms with E-state index in [4.69, 9.17) is 5.73 Å². The van der Waals surface area contributed by atoms with Crippen LogP contribution in [-0.2, 0) is 12.6 Å². The Bertz CT molecular complexity index is 622. The van der Waals surface area contributed by atoms with Gasteiger partial charge in [-0.25, -0.2) is 4.68 Å². The lowest BCUT2D eigenvalue weighted by Crippen LogP contribution is -2.22. The van der Waals surface area contributed by atoms with Gasteiger partial charge < -0.3 is 5.73 Å². The summed E-state index contributed by atoms with van der Waals surface area (Å²) in [7, 11) is 0. The van der Waals surface area contributed by atoms with E-state index in [0.717, 1.165) is 9.99 Å². The van der Waals surface area contributed by atoms with Crippen molar-refractivity contribution in [2.24, 2.45) is 5.73 Å². The van der Waals surface area contributed by atoms with E-state index in [1.54, 1.807) is 12.3 Å². The minimum atomic E-state index is -4.43. The van der Waals surface area contributed by atoms with Crippen molar-refractivity contribution < 1.29 is 13.2 Å². The second-order valence-corrected chi connectivity index (χ2v) is 6.07. The largest absolute Gasteiger partial charge is 0.418 e. The highest BCUT2D eigenvalue weighted by molar-refractivity contribution is 14.1. The Balaban J connectivity index is 2.46. The minimum Gasteiger partial charge on any atom is -0.327 e. The maximum Gasteiger partial charge on any atom is 0.418 e. The molecule has 0 fully saturated rings. The van der Waals surface area contributed by atoms with Gasteiger partial charge >= 0.3 is 6.18 Å². The first-order valence-electron chi connectivity index (χ1n) is 6.47. The van der Waals surface area contributed by atoms with Crippen molar-refractivity contribution >= 4 is 22.6 Å². The zero-order valence-corrected chi connectivity index (χ0v) is 13.5. The molecule has 2 aromatic rings. The number of hydrogen-bond donors (Lipinski definition) is 1. The van der Waals surface area contributed by atoms with Crippen LogP contribution in [0.15, 0.2) is 30.6 Å². The maximum absolute atomic E-state index is 13.3. The number of nitrogens with two attached hydrogens (primary N) is 1. The number of aromatic nitrogens is 2. The van der Waals surface area contributed by atoms with Crippen LogP contribution in [0.4, 0.5) is 13.2 Å². The molecule has 0 aliphatic carbocycles. The van der Waals surface area contributed by atoms with Crippen molar-refractivity contribution in [3.05, 3.63) is 45.3 Å². The predicted molar refractivity (Wildman–Crippen MR) is 83.3 cm³/mol. The summed E-state index contributed by atoms with van der Waals surface area (Å²) in [4.78, 5) is 0. The highest BCUT2D eigenvalue weighted by Gasteiger charge is 2.34. The average molecular weight is 409 g/mol. The quantitative estimate of drug-likeness (QED) is 0.782. The normalized spacial score (nSPS) is 13.4. The lowest BCUT2D eigenvalue weighted by molar-refractivity contribution is -0.137. The van der Waals surface area contributed by atoms with E-state index in [0.29, 0.717) is 12.0 Å². The SMILES string of the molecule is CCC(N)Cc1ccc(-n2cc(I)cn2)c(C(F)(F)F)c1. The van der Waals surface area contributed by atoms with Crippen LogP contribution in [-0.4, -0.2) is 15.8 Å². The molecule has 21 heavy (non-hydrogen) atoms. The Kier molecular flexibility index (Phi) is 4.92. The number of halogens is 4. The molecule has 0 saturated heterocycles. The summed E-state index contributed by atoms with van der Waals surface area (Å²) >= 11 is 2.01. The molecule has 1 aromatic carbocycles. The Labute approximate surface area is 134 Å². The molecule has 0 spiro atoms. The second kappa shape index (κ2) is 6.35. The zero-order valence-electron chi connectivity index (χ0n) is 11.4. The van der Waals surface area contributed by atoms with Gasteiger partial charge in [0.2, 0.25) is 0 Å². The van der Waals surface area contributed by atoms with Crippen LogP contribution < -0.4 is 5.73 Å². The molecule has 2 rings (SSSR count). The van der Waals surface area contributed by atoms with Crippen molar-refractivity contribution in [3.63, 3.8) is 0 Å². The Morgan fingerprint density at radius 1 is 1.38 bits per heavy atom. The Hall–Kier alpha value is -1.09. The van der Waals surface area contributed by atoms with Crippen molar-refractivity contribution in [1.29, 1.82) is 0 Å². The minimum absolute atomic E-state index is 0.0271. The Morgan fingerprint density at radius 2 is 2.10 bits per heavy atom. The smallest absolute Gasteiger partial charge is 0.327 e. The van der Waals surface area contributed by atoms with Crippen molar-refractivity contribution in [1.82, 2.24) is 9.78 Å². The molecule has 0 aliphatic rings. The van der Waals surface area contributed by atoms with Gasteiger partial charge in [0, 0.05) is 12.2 Å². The average Bonchev–Trinajstić information content (AvgIpc) is 2.84. The summed E-state index contributed by atoms with van der Waals surface area (Å²) < 4.78 is 41.8. The topological polar surface area (TPSA) is 43.8 Å². The number of alkyl halides is 3. The van der Waals surface area contributed by atoms with Crippen molar-refractivity contribution in [2.75, 3.05) is 0 Å². The first-order chi connectivity index (χ1) is 9.81. The molecular weight excluding hydrogens is 394 g/mol. The third-order valence-corrected chi connectivity index (χ3v) is 3.74. The van der Waals surface area contributed by atoms with Crippen molar-refractivity contribution in [2.45, 2.75) is 32.0 Å². The third kappa shape index (κ3) is 3.97. The lowest BCUT2D eigenvalue weighted by Gasteiger charge is -2.16. The van der Waals surface area contributed by atoms with Gasteiger partial charge in [0.25, 0.3) is 0 Å². The van der Waals surface area contributed by atoms with Crippen LogP contribution in [0, 0.1) is 3.57 Å². The molecule has 0 radical (unpaired) electrons. The lowest BCUT2D eigenvalue weighted by atomic mass is 10.0. The summed E-state index contributed by atoms with van der Waals surface area (Å²) in [5.74, 6) is 0. The van der Waals surface area contributed by atoms with Gasteiger partial charge in [-0.1, -0.05) is 13.0 Å². The molecular formula is C14H15F3IN3. The van der Waals surface area contributed by atoms with Crippen LogP contribution in [0.5, 0.6) is 0 Å². The van der Waals surface area contributed by atoms with Gasteiger partial charge in [0.15, 0.2) is 0 Å². The molecule has 0 saturated carbocycles. The molecule has 1 unspecified atom stereocenters. The van der Waals surface area contributed by atoms with Gasteiger partial charge in [0.1, 0.15) is 0 Å². The highest BCUT2D eigenvalue weighted by Crippen LogP contribution is 2.34. The standard InChI is InChI=1S/C14H15F3IN3/c1-2-11(19)5-9-3-4-13(12(6-9)14(15,16)17)21-8-10(18)7-20-21/h3-4,6-8,11H,2,5,19H2,1H3. The van der Waals surface area contributed by atoms with E-state index < -0.39 is 11.7 Å². The fourth-order valence-corrected chi connectivity index (χ4v) is 2.41. The number of rotatable bonds is 4. The first-order valence-corrected chi connectivity index (χ1v) is 7.55. The molecule has 1 aromatic heterocycles. The van der Waals surface area contributed by atoms with E-state index in [9.17, 15) is 13.2 Å². The summed E-state index contributed by atoms with van der Waals surface area (Å²) in [6.45, 7) is 1.91. The van der Waals surface area contributed by atoms with E-state index in [1.165, 1.54) is 23.0 Å². The molecule has 0 aliphatic heterocycles. The molecule has 0 amide bonds. The van der Waals surface area contributed by atoms with E-state index >= 15 is 0 Å². The number of hydrogen-bond acceptors (Lipinski definition) is 2. The first kappa shape index (κ1) is 16.3. The third-order valence-electron chi connectivity index (χ3n) is 3.19. The van der Waals surface area contributed by atoms with Crippen LogP contribution in [0.3, 0.4) is 0 Å². The van der Waals surface area contributed by atoms with Gasteiger partial charge in [-0.3, -0.25) is 0 Å². The van der Waals surface area contributed by atoms with Crippen molar-refractivity contribution in [3.8, 4) is 5.69 Å². The zero-order chi connectivity index (χ0) is 15.6. The van der Waals surface area contributed by atoms with Gasteiger partial charge in [-0.05, 0) is 53.1 Å². The number of nitrogens with zero attached hydrogens (tertiary/aromatic N) is 2. The molecule has 0 bridgehead atoms. The molecule has 2 N–H and O–H groups in total. The number of benzene rings is 1. The van der Waals surface area contributed by atoms with Crippen LogP contribution >= 0.6 is 22.6 Å². The summed E-state index contributed by atoms with van der Waals surface area (Å²) in [5.41, 5.74) is 5.74. The fraction of sp³-hybridized carbons (Fsp3) is 0.357. The molecule has 3 nitrogen and oxygen atoms in total. The second-order valence-electron chi connectivity index (χ2n) is 4.82. The van der Waals surface area contributed by atoms with Crippen LogP contribution in [0.25, 0.3) is 5.69 Å². The van der Waals surface area contributed by atoms with E-state index in [-0.39, 0.29) is 11.7 Å². The monoisotopic (exact) mass is 409 g/mol. The predicted octanol–water partition coefficient (Wildman–Crippen LogP) is 3.78. The molecule has 7 heteroatoms. The van der Waals surface area contributed by atoms with Crippen LogP contribution in [0.1, 0.15) is 24.5 Å². The summed E-state index contributed by atoms with van der Waals surface area (Å²) in [5, 5.41) is 3.95. The Morgan fingerprint density at radius 3 is 2.62 bits per heavy atom. The maximum atomic E-state index is 13.3. The van der Waals surface area contributed by atoms with E-state index in [2.05, 4.69) is 5.10 Å². The van der Waals surface area contributed by atoms with Gasteiger partial charge in [0.05, 0.1) is 21.0 Å². The summed E-state index contributed by atoms with van der Waals surface area (Å²) in [6.07, 6.45) is -0.208. The molecule has 1 atom stereocenters. The molecule has 114 valence electrons. The van der Waals surface area contributed by atoms with Crippen LogP contribution in [0.2, 0.25) is 0 Å². The highest BCUT2D eigenvalue weighted by atomic mass is 127. The molecule has 1 heterocycles.